The van der Waals surface area contributed by atoms with Gasteiger partial charge < -0.3 is 4.90 Å². The van der Waals surface area contributed by atoms with Crippen molar-refractivity contribution in [3.8, 4) is 0 Å². The third kappa shape index (κ3) is 6.58. The molecule has 0 aliphatic heterocycles. The Morgan fingerprint density at radius 2 is 1.27 bits per heavy atom. The van der Waals surface area contributed by atoms with Crippen LogP contribution >= 0.6 is 0 Å². The molecule has 0 heterocycles. The molecule has 0 unspecified atom stereocenters. The van der Waals surface area contributed by atoms with Crippen LogP contribution in [0.1, 0.15) is 59.1 Å². The predicted molar refractivity (Wildman–Crippen MR) is 107 cm³/mol. The van der Waals surface area contributed by atoms with Gasteiger partial charge in [-0.15, -0.1) is 0 Å². The molecule has 0 aromatic heterocycles. The number of amides is 1. The summed E-state index contributed by atoms with van der Waals surface area (Å²) in [5.74, 6) is -12.2. The number of carbonyl (C=O) groups excluding carboxylic acids is 1. The Hall–Kier alpha value is -1.91. The van der Waals surface area contributed by atoms with Gasteiger partial charge in [0.25, 0.3) is 0 Å². The van der Waals surface area contributed by atoms with Crippen LogP contribution in [-0.4, -0.2) is 41.9 Å². The summed E-state index contributed by atoms with van der Waals surface area (Å²) in [5.41, 5.74) is -1.29. The Labute approximate surface area is 188 Å². The first-order chi connectivity index (χ1) is 14.4. The van der Waals surface area contributed by atoms with Gasteiger partial charge in [0, 0.05) is 19.0 Å². The SMILES string of the molecule is CN(Cc1ccc(C(C)(C)C)cc1)C(=O)CC(F)(F)C(F)(F)OC(F)(F)C(F)(F)C(C)(C)C. The third-order valence-corrected chi connectivity index (χ3v) is 5.03. The van der Waals surface area contributed by atoms with Crippen LogP contribution < -0.4 is 0 Å². The summed E-state index contributed by atoms with van der Waals surface area (Å²) in [4.78, 5) is 12.8. The number of hydrogen-bond acceptors (Lipinski definition) is 2. The summed E-state index contributed by atoms with van der Waals surface area (Å²) in [6.07, 6.45) is -14.2. The molecule has 1 amide bonds. The van der Waals surface area contributed by atoms with Crippen molar-refractivity contribution in [2.45, 2.75) is 84.0 Å². The van der Waals surface area contributed by atoms with E-state index in [0.29, 0.717) is 31.2 Å². The molecule has 0 saturated carbocycles. The zero-order valence-corrected chi connectivity index (χ0v) is 19.5. The maximum atomic E-state index is 14.0. The van der Waals surface area contributed by atoms with E-state index in [0.717, 1.165) is 12.6 Å². The molecule has 0 atom stereocenters. The van der Waals surface area contributed by atoms with Crippen molar-refractivity contribution in [1.29, 1.82) is 0 Å². The topological polar surface area (TPSA) is 29.5 Å². The second-order valence-corrected chi connectivity index (χ2v) is 10.0. The Morgan fingerprint density at radius 3 is 1.67 bits per heavy atom. The summed E-state index contributed by atoms with van der Waals surface area (Å²) >= 11 is 0. The molecule has 1 aromatic rings. The van der Waals surface area contributed by atoms with E-state index in [1.54, 1.807) is 24.3 Å². The number of nitrogens with zero attached hydrogens (tertiary/aromatic N) is 1. The lowest BCUT2D eigenvalue weighted by Crippen LogP contribution is -2.58. The second kappa shape index (κ2) is 9.03. The third-order valence-electron chi connectivity index (χ3n) is 5.03. The minimum atomic E-state index is -6.05. The quantitative estimate of drug-likeness (QED) is 0.372. The predicted octanol–water partition coefficient (Wildman–Crippen LogP) is 6.85. The van der Waals surface area contributed by atoms with Crippen molar-refractivity contribution in [2.24, 2.45) is 5.41 Å². The fraction of sp³-hybridized carbons (Fsp3) is 0.682. The molecule has 0 aliphatic rings. The molecule has 0 aliphatic carbocycles. The van der Waals surface area contributed by atoms with Gasteiger partial charge in [-0.3, -0.25) is 4.79 Å². The van der Waals surface area contributed by atoms with Gasteiger partial charge in [0.1, 0.15) is 0 Å². The van der Waals surface area contributed by atoms with Gasteiger partial charge in [0.15, 0.2) is 0 Å². The zero-order valence-electron chi connectivity index (χ0n) is 19.5. The molecule has 1 aromatic carbocycles. The molecule has 0 bridgehead atoms. The highest BCUT2D eigenvalue weighted by atomic mass is 19.3. The van der Waals surface area contributed by atoms with Crippen LogP contribution in [0.2, 0.25) is 0 Å². The maximum Gasteiger partial charge on any atom is 0.424 e. The number of rotatable bonds is 8. The molecule has 0 radical (unpaired) electrons. The minimum Gasteiger partial charge on any atom is -0.341 e. The first kappa shape index (κ1) is 29.1. The van der Waals surface area contributed by atoms with E-state index in [9.17, 15) is 39.9 Å². The summed E-state index contributed by atoms with van der Waals surface area (Å²) in [7, 11) is 1.05. The van der Waals surface area contributed by atoms with Crippen molar-refractivity contribution in [2.75, 3.05) is 7.05 Å². The van der Waals surface area contributed by atoms with Gasteiger partial charge in [0.2, 0.25) is 5.91 Å². The van der Waals surface area contributed by atoms with Crippen LogP contribution in [0, 0.1) is 5.41 Å². The van der Waals surface area contributed by atoms with Crippen molar-refractivity contribution in [3.63, 3.8) is 0 Å². The number of halogens is 8. The van der Waals surface area contributed by atoms with Gasteiger partial charge in [-0.2, -0.15) is 35.1 Å². The number of alkyl halides is 8. The van der Waals surface area contributed by atoms with Crippen LogP contribution in [-0.2, 0) is 21.5 Å². The molecule has 11 heteroatoms. The summed E-state index contributed by atoms with van der Waals surface area (Å²) in [5, 5.41) is 0. The Bertz CT molecular complexity index is 824. The molecule has 0 fully saturated rings. The highest BCUT2D eigenvalue weighted by Gasteiger charge is 2.72. The maximum absolute atomic E-state index is 14.0. The normalized spacial score (nSPS) is 14.4. The van der Waals surface area contributed by atoms with Crippen LogP contribution in [0.25, 0.3) is 0 Å². The highest BCUT2D eigenvalue weighted by Crippen LogP contribution is 2.52. The van der Waals surface area contributed by atoms with Gasteiger partial charge >= 0.3 is 24.1 Å². The molecule has 3 nitrogen and oxygen atoms in total. The van der Waals surface area contributed by atoms with Crippen molar-refractivity contribution in [3.05, 3.63) is 35.4 Å². The molecule has 33 heavy (non-hydrogen) atoms. The standard InChI is InChI=1S/C22H29F8NO2/c1-17(2,3)15-10-8-14(9-11-15)13-31(7)16(32)12-19(23,24)21(27,28)33-22(29,30)20(25,26)18(4,5)6/h8-11H,12-13H2,1-7H3. The Kier molecular flexibility index (Phi) is 7.97. The number of hydrogen-bond donors (Lipinski definition) is 0. The van der Waals surface area contributed by atoms with Crippen LogP contribution in [0.5, 0.6) is 0 Å². The van der Waals surface area contributed by atoms with Gasteiger partial charge in [-0.1, -0.05) is 65.8 Å². The van der Waals surface area contributed by atoms with Crippen molar-refractivity contribution >= 4 is 5.91 Å². The molecular weight excluding hydrogens is 462 g/mol. The number of benzene rings is 1. The number of carbonyl (C=O) groups is 1. The number of ether oxygens (including phenoxy) is 1. The van der Waals surface area contributed by atoms with E-state index >= 15 is 0 Å². The fourth-order valence-corrected chi connectivity index (χ4v) is 2.64. The molecule has 0 saturated heterocycles. The molecular formula is C22H29F8NO2. The van der Waals surface area contributed by atoms with Gasteiger partial charge in [-0.25, -0.2) is 4.74 Å². The monoisotopic (exact) mass is 491 g/mol. The van der Waals surface area contributed by atoms with Crippen molar-refractivity contribution in [1.82, 2.24) is 4.90 Å². The van der Waals surface area contributed by atoms with Crippen LogP contribution in [0.15, 0.2) is 24.3 Å². The van der Waals surface area contributed by atoms with E-state index in [2.05, 4.69) is 4.74 Å². The van der Waals surface area contributed by atoms with E-state index in [-0.39, 0.29) is 12.0 Å². The lowest BCUT2D eigenvalue weighted by Gasteiger charge is -2.38. The van der Waals surface area contributed by atoms with Gasteiger partial charge in [-0.05, 0) is 16.5 Å². The van der Waals surface area contributed by atoms with E-state index in [4.69, 9.17) is 0 Å². The van der Waals surface area contributed by atoms with Crippen LogP contribution in [0.3, 0.4) is 0 Å². The largest absolute Gasteiger partial charge is 0.424 e. The lowest BCUT2D eigenvalue weighted by molar-refractivity contribution is -0.477. The summed E-state index contributed by atoms with van der Waals surface area (Å²) < 4.78 is 114. The summed E-state index contributed by atoms with van der Waals surface area (Å²) in [6, 6.07) is 6.74. The van der Waals surface area contributed by atoms with Crippen molar-refractivity contribution < 1.29 is 44.7 Å². The average molecular weight is 491 g/mol. The average Bonchev–Trinajstić information content (AvgIpc) is 2.58. The second-order valence-electron chi connectivity index (χ2n) is 10.0. The smallest absolute Gasteiger partial charge is 0.341 e. The van der Waals surface area contributed by atoms with Crippen LogP contribution in [0.4, 0.5) is 35.1 Å². The Balaban J connectivity index is 2.94. The molecule has 1 rings (SSSR count). The lowest BCUT2D eigenvalue weighted by atomic mass is 9.87. The first-order valence-electron chi connectivity index (χ1n) is 9.99. The fourth-order valence-electron chi connectivity index (χ4n) is 2.64. The van der Waals surface area contributed by atoms with Gasteiger partial charge in [0.05, 0.1) is 6.42 Å². The van der Waals surface area contributed by atoms with E-state index in [1.165, 1.54) is 0 Å². The molecule has 0 N–H and O–H groups in total. The zero-order chi connectivity index (χ0) is 26.3. The first-order valence-corrected chi connectivity index (χ1v) is 9.99. The minimum absolute atomic E-state index is 0.167. The van der Waals surface area contributed by atoms with E-state index < -0.39 is 41.8 Å². The Morgan fingerprint density at radius 1 is 0.818 bits per heavy atom. The highest BCUT2D eigenvalue weighted by molar-refractivity contribution is 5.76. The molecule has 190 valence electrons. The molecule has 0 spiro atoms. The van der Waals surface area contributed by atoms with E-state index in [1.807, 2.05) is 20.8 Å². The summed E-state index contributed by atoms with van der Waals surface area (Å²) in [6.45, 7) is 7.46.